The third-order valence-corrected chi connectivity index (χ3v) is 5.43. The largest absolute Gasteiger partial charge is 0.496 e. The van der Waals surface area contributed by atoms with Gasteiger partial charge in [0, 0.05) is 0 Å². The van der Waals surface area contributed by atoms with E-state index < -0.39 is 0 Å². The molecule has 0 spiro atoms. The lowest BCUT2D eigenvalue weighted by molar-refractivity contribution is 0.0378. The molecule has 6 nitrogen and oxygen atoms in total. The van der Waals surface area contributed by atoms with Crippen LogP contribution in [0.3, 0.4) is 0 Å². The minimum Gasteiger partial charge on any atom is -0.496 e. The van der Waals surface area contributed by atoms with Crippen molar-refractivity contribution in [3.63, 3.8) is 0 Å². The fourth-order valence-corrected chi connectivity index (χ4v) is 4.02. The van der Waals surface area contributed by atoms with E-state index in [1.54, 1.807) is 38.1 Å². The quantitative estimate of drug-likeness (QED) is 0.445. The maximum absolute atomic E-state index is 12.9. The molecule has 0 unspecified atom stereocenters. The summed E-state index contributed by atoms with van der Waals surface area (Å²) in [4.78, 5) is 29.5. The number of aromatic nitrogens is 1. The van der Waals surface area contributed by atoms with Crippen molar-refractivity contribution in [2.75, 3.05) is 12.4 Å². The highest BCUT2D eigenvalue weighted by molar-refractivity contribution is 7.22. The SMILES string of the molecule is COc1cc2ccccc2cc1C(=O)Nc1nc2ccc(C(=O)OC(C)C)cc2s1. The molecule has 0 bridgehead atoms. The minimum absolute atomic E-state index is 0.193. The molecule has 1 amide bonds. The molecule has 4 aromatic rings. The summed E-state index contributed by atoms with van der Waals surface area (Å²) in [6.07, 6.45) is -0.193. The number of nitrogens with one attached hydrogen (secondary N) is 1. The van der Waals surface area contributed by atoms with E-state index in [1.165, 1.54) is 18.4 Å². The van der Waals surface area contributed by atoms with Gasteiger partial charge in [-0.15, -0.1) is 0 Å². The van der Waals surface area contributed by atoms with Crippen molar-refractivity contribution in [1.29, 1.82) is 0 Å². The van der Waals surface area contributed by atoms with Crippen LogP contribution in [-0.2, 0) is 4.74 Å². The van der Waals surface area contributed by atoms with Crippen LogP contribution in [0.4, 0.5) is 5.13 Å². The van der Waals surface area contributed by atoms with Crippen molar-refractivity contribution < 1.29 is 19.1 Å². The number of hydrogen-bond acceptors (Lipinski definition) is 6. The van der Waals surface area contributed by atoms with Crippen molar-refractivity contribution in [2.45, 2.75) is 20.0 Å². The van der Waals surface area contributed by atoms with Gasteiger partial charge in [-0.05, 0) is 55.0 Å². The third-order valence-electron chi connectivity index (χ3n) is 4.50. The number of amides is 1. The van der Waals surface area contributed by atoms with Gasteiger partial charge in [0.05, 0.1) is 34.6 Å². The Hall–Kier alpha value is -3.45. The number of nitrogens with zero attached hydrogens (tertiary/aromatic N) is 1. The number of thiazole rings is 1. The maximum Gasteiger partial charge on any atom is 0.338 e. The van der Waals surface area contributed by atoms with Gasteiger partial charge in [-0.25, -0.2) is 9.78 Å². The van der Waals surface area contributed by atoms with Crippen LogP contribution < -0.4 is 10.1 Å². The van der Waals surface area contributed by atoms with Gasteiger partial charge >= 0.3 is 5.97 Å². The molecule has 0 radical (unpaired) electrons. The van der Waals surface area contributed by atoms with Crippen molar-refractivity contribution in [3.05, 3.63) is 65.7 Å². The van der Waals surface area contributed by atoms with Crippen molar-refractivity contribution in [3.8, 4) is 5.75 Å². The lowest BCUT2D eigenvalue weighted by Crippen LogP contribution is -2.13. The van der Waals surface area contributed by atoms with Crippen LogP contribution in [0.25, 0.3) is 21.0 Å². The van der Waals surface area contributed by atoms with Gasteiger partial charge in [0.2, 0.25) is 0 Å². The smallest absolute Gasteiger partial charge is 0.338 e. The van der Waals surface area contributed by atoms with Gasteiger partial charge in [0.1, 0.15) is 5.75 Å². The fraction of sp³-hybridized carbons (Fsp3) is 0.174. The molecule has 30 heavy (non-hydrogen) atoms. The molecule has 4 rings (SSSR count). The number of methoxy groups -OCH3 is 1. The Bertz CT molecular complexity index is 1260. The summed E-state index contributed by atoms with van der Waals surface area (Å²) in [5, 5.41) is 5.22. The van der Waals surface area contributed by atoms with Crippen LogP contribution in [0.5, 0.6) is 5.75 Å². The van der Waals surface area contributed by atoms with Crippen molar-refractivity contribution in [2.24, 2.45) is 0 Å². The highest BCUT2D eigenvalue weighted by atomic mass is 32.1. The van der Waals surface area contributed by atoms with Crippen LogP contribution in [0.1, 0.15) is 34.6 Å². The number of benzene rings is 3. The number of anilines is 1. The molecule has 0 aliphatic heterocycles. The Morgan fingerprint density at radius 1 is 1.03 bits per heavy atom. The van der Waals surface area contributed by atoms with Gasteiger partial charge in [-0.2, -0.15) is 0 Å². The molecule has 1 N–H and O–H groups in total. The van der Waals surface area contributed by atoms with Crippen molar-refractivity contribution in [1.82, 2.24) is 4.98 Å². The van der Waals surface area contributed by atoms with Crippen LogP contribution in [0.15, 0.2) is 54.6 Å². The summed E-state index contributed by atoms with van der Waals surface area (Å²) in [5.41, 5.74) is 1.58. The predicted octanol–water partition coefficient (Wildman–Crippen LogP) is 5.28. The fourth-order valence-electron chi connectivity index (χ4n) is 3.12. The first-order chi connectivity index (χ1) is 14.4. The molecule has 0 fully saturated rings. The van der Waals surface area contributed by atoms with E-state index in [-0.39, 0.29) is 18.0 Å². The average Bonchev–Trinajstić information content (AvgIpc) is 3.13. The number of carbonyl (C=O) groups excluding carboxylic acids is 2. The Morgan fingerprint density at radius 3 is 2.47 bits per heavy atom. The van der Waals surface area contributed by atoms with Crippen LogP contribution in [0.2, 0.25) is 0 Å². The molecule has 7 heteroatoms. The Labute approximate surface area is 177 Å². The van der Waals surface area contributed by atoms with Crippen LogP contribution in [0, 0.1) is 0 Å². The van der Waals surface area contributed by atoms with E-state index >= 15 is 0 Å². The number of ether oxygens (including phenoxy) is 2. The summed E-state index contributed by atoms with van der Waals surface area (Å²) in [7, 11) is 1.54. The zero-order valence-corrected chi connectivity index (χ0v) is 17.6. The molecule has 0 aliphatic rings. The van der Waals surface area contributed by atoms with E-state index in [2.05, 4.69) is 10.3 Å². The summed E-state index contributed by atoms with van der Waals surface area (Å²) in [6, 6.07) is 16.6. The van der Waals surface area contributed by atoms with E-state index in [4.69, 9.17) is 9.47 Å². The molecule has 0 saturated heterocycles. The lowest BCUT2D eigenvalue weighted by atomic mass is 10.1. The van der Waals surface area contributed by atoms with E-state index in [0.717, 1.165) is 15.5 Å². The number of esters is 1. The van der Waals surface area contributed by atoms with Gasteiger partial charge in [-0.3, -0.25) is 10.1 Å². The monoisotopic (exact) mass is 420 g/mol. The van der Waals surface area contributed by atoms with Gasteiger partial charge in [0.15, 0.2) is 5.13 Å². The molecule has 3 aromatic carbocycles. The number of rotatable bonds is 5. The predicted molar refractivity (Wildman–Crippen MR) is 119 cm³/mol. The Balaban J connectivity index is 1.61. The Kier molecular flexibility index (Phi) is 5.37. The second kappa shape index (κ2) is 8.12. The second-order valence-electron chi connectivity index (χ2n) is 7.01. The first-order valence-corrected chi connectivity index (χ1v) is 10.3. The van der Waals surface area contributed by atoms with Gasteiger partial charge in [0.25, 0.3) is 5.91 Å². The van der Waals surface area contributed by atoms with E-state index in [1.807, 2.05) is 30.3 Å². The zero-order valence-electron chi connectivity index (χ0n) is 16.8. The molecule has 0 atom stereocenters. The second-order valence-corrected chi connectivity index (χ2v) is 8.04. The molecule has 152 valence electrons. The van der Waals surface area contributed by atoms with E-state index in [9.17, 15) is 9.59 Å². The third kappa shape index (κ3) is 3.97. The number of carbonyl (C=O) groups is 2. The normalized spacial score (nSPS) is 11.1. The van der Waals surface area contributed by atoms with Crippen LogP contribution >= 0.6 is 11.3 Å². The summed E-state index contributed by atoms with van der Waals surface area (Å²) < 4.78 is 11.4. The Morgan fingerprint density at radius 2 is 1.77 bits per heavy atom. The van der Waals surface area contributed by atoms with E-state index in [0.29, 0.717) is 27.5 Å². The highest BCUT2D eigenvalue weighted by Gasteiger charge is 2.17. The van der Waals surface area contributed by atoms with Gasteiger partial charge in [-0.1, -0.05) is 35.6 Å². The zero-order chi connectivity index (χ0) is 21.3. The standard InChI is InChI=1S/C23H20N2O4S/c1-13(2)29-22(27)16-8-9-18-20(12-16)30-23(24-18)25-21(26)17-10-14-6-4-5-7-15(14)11-19(17)28-3/h4-13H,1-3H3,(H,24,25,26). The molecule has 1 heterocycles. The van der Waals surface area contributed by atoms with Gasteiger partial charge < -0.3 is 9.47 Å². The summed E-state index contributed by atoms with van der Waals surface area (Å²) in [5.74, 6) is -0.200. The summed E-state index contributed by atoms with van der Waals surface area (Å²) in [6.45, 7) is 3.61. The average molecular weight is 420 g/mol. The number of fused-ring (bicyclic) bond motifs is 2. The van der Waals surface area contributed by atoms with Crippen LogP contribution in [-0.4, -0.2) is 30.1 Å². The lowest BCUT2D eigenvalue weighted by Gasteiger charge is -2.09. The minimum atomic E-state index is -0.383. The maximum atomic E-state index is 12.9. The molecular weight excluding hydrogens is 400 g/mol. The first-order valence-electron chi connectivity index (χ1n) is 9.44. The topological polar surface area (TPSA) is 77.5 Å². The number of hydrogen-bond donors (Lipinski definition) is 1. The molecule has 0 aliphatic carbocycles. The summed E-state index contributed by atoms with van der Waals surface area (Å²) >= 11 is 1.30. The first kappa shape index (κ1) is 19.8. The van der Waals surface area contributed by atoms with Crippen molar-refractivity contribution >= 4 is 49.3 Å². The highest BCUT2D eigenvalue weighted by Crippen LogP contribution is 2.30. The molecular formula is C23H20N2O4S. The molecule has 0 saturated carbocycles. The molecule has 1 aromatic heterocycles.